The lowest BCUT2D eigenvalue weighted by atomic mass is 10.1. The predicted molar refractivity (Wildman–Crippen MR) is 94.0 cm³/mol. The second kappa shape index (κ2) is 7.99. The molecule has 0 saturated carbocycles. The first-order valence-corrected chi connectivity index (χ1v) is 10.1. The first-order chi connectivity index (χ1) is 12.5. The van der Waals surface area contributed by atoms with Crippen molar-refractivity contribution in [2.45, 2.75) is 24.6 Å². The smallest absolute Gasteiger partial charge is 0.215 e. The van der Waals surface area contributed by atoms with E-state index in [2.05, 4.69) is 9.62 Å². The fourth-order valence-electron chi connectivity index (χ4n) is 3.16. The Kier molecular flexibility index (Phi) is 5.71. The lowest BCUT2D eigenvalue weighted by Crippen LogP contribution is -2.37. The van der Waals surface area contributed by atoms with E-state index in [1.807, 2.05) is 12.1 Å². The number of nitrogens with zero attached hydrogens (tertiary/aromatic N) is 2. The topological polar surface area (TPSA) is 86.3 Å². The lowest BCUT2D eigenvalue weighted by Gasteiger charge is -2.26. The van der Waals surface area contributed by atoms with Crippen molar-refractivity contribution in [2.24, 2.45) is 0 Å². The van der Waals surface area contributed by atoms with Gasteiger partial charge in [-0.25, -0.2) is 17.5 Å². The summed E-state index contributed by atoms with van der Waals surface area (Å²) in [6.07, 6.45) is 3.70. The van der Waals surface area contributed by atoms with Crippen LogP contribution >= 0.6 is 0 Å². The molecule has 138 valence electrons. The summed E-state index contributed by atoms with van der Waals surface area (Å²) in [5.41, 5.74) is 0.203. The Hall–Kier alpha value is -2.21. The molecule has 0 aliphatic carbocycles. The van der Waals surface area contributed by atoms with Crippen LogP contribution in [0.2, 0.25) is 0 Å². The van der Waals surface area contributed by atoms with Crippen molar-refractivity contribution in [3.8, 4) is 6.07 Å². The Morgan fingerprint density at radius 1 is 1.31 bits per heavy atom. The molecule has 0 radical (unpaired) electrons. The van der Waals surface area contributed by atoms with E-state index in [9.17, 15) is 12.8 Å². The zero-order valence-corrected chi connectivity index (χ0v) is 15.0. The van der Waals surface area contributed by atoms with Crippen molar-refractivity contribution in [3.63, 3.8) is 0 Å². The van der Waals surface area contributed by atoms with Gasteiger partial charge in [-0.1, -0.05) is 0 Å². The summed E-state index contributed by atoms with van der Waals surface area (Å²) >= 11 is 0. The third-order valence-corrected chi connectivity index (χ3v) is 5.77. The van der Waals surface area contributed by atoms with Gasteiger partial charge in [0, 0.05) is 12.1 Å². The van der Waals surface area contributed by atoms with Crippen molar-refractivity contribution >= 4 is 10.0 Å². The number of nitriles is 1. The fourth-order valence-corrected chi connectivity index (χ4v) is 4.30. The third kappa shape index (κ3) is 4.49. The van der Waals surface area contributed by atoms with E-state index in [0.29, 0.717) is 5.76 Å². The number of benzene rings is 1. The molecule has 1 saturated heterocycles. The minimum atomic E-state index is -3.77. The number of hydrogen-bond acceptors (Lipinski definition) is 5. The van der Waals surface area contributed by atoms with E-state index >= 15 is 0 Å². The highest BCUT2D eigenvalue weighted by molar-refractivity contribution is 7.88. The summed E-state index contributed by atoms with van der Waals surface area (Å²) in [6, 6.07) is 8.98. The first-order valence-electron chi connectivity index (χ1n) is 8.42. The van der Waals surface area contributed by atoms with Crippen LogP contribution in [0.15, 0.2) is 41.0 Å². The fraction of sp³-hybridized carbons (Fsp3) is 0.389. The Balaban J connectivity index is 1.71. The van der Waals surface area contributed by atoms with Crippen molar-refractivity contribution in [1.29, 1.82) is 5.26 Å². The second-order valence-corrected chi connectivity index (χ2v) is 8.11. The molecule has 1 aromatic heterocycles. The average Bonchev–Trinajstić information content (AvgIpc) is 3.31. The van der Waals surface area contributed by atoms with Crippen molar-refractivity contribution in [2.75, 3.05) is 19.6 Å². The lowest BCUT2D eigenvalue weighted by molar-refractivity contribution is 0.216. The van der Waals surface area contributed by atoms with Crippen molar-refractivity contribution in [1.82, 2.24) is 9.62 Å². The number of likely N-dealkylation sites (tertiary alicyclic amines) is 1. The molecule has 26 heavy (non-hydrogen) atoms. The standard InChI is InChI=1S/C18H20FN3O3S/c19-16-6-5-14(11-20)10-15(16)13-26(23,24)21-12-17(18-4-3-9-25-18)22-7-1-2-8-22/h3-6,9-10,17,21H,1-2,7-8,12-13H2. The number of nitrogens with one attached hydrogen (secondary N) is 1. The second-order valence-electron chi connectivity index (χ2n) is 6.30. The Bertz CT molecular complexity index is 885. The van der Waals surface area contributed by atoms with Crippen LogP contribution in [0.4, 0.5) is 4.39 Å². The molecule has 2 heterocycles. The van der Waals surface area contributed by atoms with Gasteiger partial charge in [-0.15, -0.1) is 0 Å². The van der Waals surface area contributed by atoms with E-state index in [4.69, 9.17) is 9.68 Å². The van der Waals surface area contributed by atoms with Crippen LogP contribution in [0.3, 0.4) is 0 Å². The molecule has 1 aliphatic heterocycles. The van der Waals surface area contributed by atoms with E-state index in [-0.39, 0.29) is 23.7 Å². The number of hydrogen-bond donors (Lipinski definition) is 1. The monoisotopic (exact) mass is 377 g/mol. The molecule has 0 bridgehead atoms. The third-order valence-electron chi connectivity index (χ3n) is 4.47. The molecule has 2 aromatic rings. The van der Waals surface area contributed by atoms with Crippen LogP contribution in [0.25, 0.3) is 0 Å². The predicted octanol–water partition coefficient (Wildman–Crippen LogP) is 2.55. The molecular formula is C18H20FN3O3S. The minimum absolute atomic E-state index is 0.0210. The number of furan rings is 1. The molecule has 8 heteroatoms. The molecule has 1 unspecified atom stereocenters. The van der Waals surface area contributed by atoms with Gasteiger partial charge in [-0.05, 0) is 56.3 Å². The summed E-state index contributed by atoms with van der Waals surface area (Å²) in [4.78, 5) is 2.18. The SMILES string of the molecule is N#Cc1ccc(F)c(CS(=O)(=O)NCC(c2ccco2)N2CCCC2)c1. The Morgan fingerprint density at radius 3 is 2.73 bits per heavy atom. The highest BCUT2D eigenvalue weighted by Crippen LogP contribution is 2.25. The summed E-state index contributed by atoms with van der Waals surface area (Å²) < 4.78 is 46.8. The molecule has 1 aromatic carbocycles. The maximum Gasteiger partial charge on any atom is 0.215 e. The zero-order valence-electron chi connectivity index (χ0n) is 14.2. The van der Waals surface area contributed by atoms with Crippen LogP contribution in [0, 0.1) is 17.1 Å². The molecular weight excluding hydrogens is 357 g/mol. The maximum absolute atomic E-state index is 13.9. The molecule has 1 N–H and O–H groups in total. The van der Waals surface area contributed by atoms with Gasteiger partial charge in [0.1, 0.15) is 11.6 Å². The van der Waals surface area contributed by atoms with Crippen LogP contribution in [0.1, 0.15) is 35.8 Å². The van der Waals surface area contributed by atoms with Gasteiger partial charge in [0.25, 0.3) is 0 Å². The van der Waals surface area contributed by atoms with Gasteiger partial charge >= 0.3 is 0 Å². The van der Waals surface area contributed by atoms with Gasteiger partial charge in [0.05, 0.1) is 29.7 Å². The zero-order chi connectivity index (χ0) is 18.6. The molecule has 1 atom stereocenters. The van der Waals surface area contributed by atoms with E-state index < -0.39 is 21.6 Å². The molecule has 1 aliphatic rings. The summed E-state index contributed by atoms with van der Waals surface area (Å²) in [5.74, 6) is -0.456. The Labute approximate surface area is 152 Å². The molecule has 0 spiro atoms. The van der Waals surface area contributed by atoms with Crippen LogP contribution < -0.4 is 4.72 Å². The van der Waals surface area contributed by atoms with Gasteiger partial charge in [0.15, 0.2) is 0 Å². The van der Waals surface area contributed by atoms with E-state index in [1.54, 1.807) is 12.3 Å². The summed E-state index contributed by atoms with van der Waals surface area (Å²) in [6.45, 7) is 1.91. The van der Waals surface area contributed by atoms with Crippen LogP contribution in [-0.2, 0) is 15.8 Å². The summed E-state index contributed by atoms with van der Waals surface area (Å²) in [7, 11) is -3.77. The maximum atomic E-state index is 13.9. The normalized spacial score (nSPS) is 16.5. The van der Waals surface area contributed by atoms with Gasteiger partial charge in [0.2, 0.25) is 10.0 Å². The van der Waals surface area contributed by atoms with E-state index in [1.165, 1.54) is 12.1 Å². The highest BCUT2D eigenvalue weighted by atomic mass is 32.2. The largest absolute Gasteiger partial charge is 0.468 e. The van der Waals surface area contributed by atoms with Crippen LogP contribution in [-0.4, -0.2) is 33.0 Å². The molecule has 3 rings (SSSR count). The Morgan fingerprint density at radius 2 is 2.08 bits per heavy atom. The first kappa shape index (κ1) is 18.6. The quantitative estimate of drug-likeness (QED) is 0.801. The van der Waals surface area contributed by atoms with Gasteiger partial charge in [-0.3, -0.25) is 4.90 Å². The van der Waals surface area contributed by atoms with Crippen LogP contribution in [0.5, 0.6) is 0 Å². The average molecular weight is 377 g/mol. The highest BCUT2D eigenvalue weighted by Gasteiger charge is 2.27. The number of sulfonamides is 1. The minimum Gasteiger partial charge on any atom is -0.468 e. The van der Waals surface area contributed by atoms with Gasteiger partial charge < -0.3 is 4.42 Å². The molecule has 1 fully saturated rings. The summed E-state index contributed by atoms with van der Waals surface area (Å²) in [5, 5.41) is 8.90. The van der Waals surface area contributed by atoms with Crippen molar-refractivity contribution in [3.05, 3.63) is 59.3 Å². The molecule has 6 nitrogen and oxygen atoms in total. The van der Waals surface area contributed by atoms with Crippen molar-refractivity contribution < 1.29 is 17.2 Å². The van der Waals surface area contributed by atoms with Gasteiger partial charge in [-0.2, -0.15) is 5.26 Å². The number of halogens is 1. The number of rotatable bonds is 7. The molecule has 0 amide bonds. The van der Waals surface area contributed by atoms with E-state index in [0.717, 1.165) is 32.0 Å².